The molecule has 2 aromatic heterocycles. The lowest BCUT2D eigenvalue weighted by Gasteiger charge is -2.33. The van der Waals surface area contributed by atoms with Gasteiger partial charge in [0, 0.05) is 32.2 Å². The van der Waals surface area contributed by atoms with Gasteiger partial charge in [-0.05, 0) is 23.5 Å². The number of rotatable bonds is 1. The molecule has 3 aromatic rings. The Morgan fingerprint density at radius 1 is 1.08 bits per heavy atom. The highest BCUT2D eigenvalue weighted by Gasteiger charge is 2.35. The van der Waals surface area contributed by atoms with Crippen LogP contribution in [0.25, 0.3) is 16.7 Å². The summed E-state index contributed by atoms with van der Waals surface area (Å²) >= 11 is 0. The summed E-state index contributed by atoms with van der Waals surface area (Å²) in [4.78, 5) is 8.44. The zero-order chi connectivity index (χ0) is 17.8. The number of nitrogens with zero attached hydrogens (tertiary/aromatic N) is 7. The summed E-state index contributed by atoms with van der Waals surface area (Å²) in [5.74, 6) is -0.936. The molecule has 0 unspecified atom stereocenters. The Hall–Kier alpha value is -2.56. The van der Waals surface area contributed by atoms with Crippen LogP contribution in [0.1, 0.15) is 5.56 Å². The molecule has 0 saturated carbocycles. The molecule has 1 aromatic carbocycles. The van der Waals surface area contributed by atoms with Crippen molar-refractivity contribution in [3.05, 3.63) is 23.5 Å². The molecule has 0 bridgehead atoms. The number of hydrogen-bond acceptors (Lipinski definition) is 6. The minimum Gasteiger partial charge on any atom is -0.351 e. The highest BCUT2D eigenvalue weighted by molar-refractivity contribution is 5.83. The van der Waals surface area contributed by atoms with Gasteiger partial charge in [-0.15, -0.1) is 5.10 Å². The Morgan fingerprint density at radius 2 is 1.80 bits per heavy atom. The van der Waals surface area contributed by atoms with E-state index in [2.05, 4.69) is 25.4 Å². The first-order chi connectivity index (χ1) is 11.8. The number of alkyl halides is 3. The van der Waals surface area contributed by atoms with Crippen LogP contribution in [0.3, 0.4) is 0 Å². The molecule has 7 nitrogen and oxygen atoms in total. The molecule has 1 aliphatic rings. The molecule has 0 atom stereocenters. The van der Waals surface area contributed by atoms with Crippen LogP contribution in [0, 0.1) is 5.82 Å². The second-order valence-corrected chi connectivity index (χ2v) is 5.96. The van der Waals surface area contributed by atoms with Crippen LogP contribution in [0.2, 0.25) is 0 Å². The Labute approximate surface area is 138 Å². The number of fused-ring (bicyclic) bond motifs is 3. The summed E-state index contributed by atoms with van der Waals surface area (Å²) in [5, 5.41) is 11.2. The lowest BCUT2D eigenvalue weighted by molar-refractivity contribution is -0.139. The summed E-state index contributed by atoms with van der Waals surface area (Å²) in [5.41, 5.74) is -1.05. The lowest BCUT2D eigenvalue weighted by atomic mass is 10.1. The van der Waals surface area contributed by atoms with Crippen LogP contribution in [0.15, 0.2) is 12.1 Å². The van der Waals surface area contributed by atoms with Crippen molar-refractivity contribution in [2.24, 2.45) is 0 Å². The van der Waals surface area contributed by atoms with E-state index in [0.717, 1.165) is 19.2 Å². The third kappa shape index (κ3) is 2.64. The molecule has 3 heterocycles. The summed E-state index contributed by atoms with van der Waals surface area (Å²) in [7, 11) is 1.99. The topological polar surface area (TPSA) is 62.5 Å². The number of hydrogen-bond donors (Lipinski definition) is 0. The maximum atomic E-state index is 13.9. The van der Waals surface area contributed by atoms with E-state index in [1.54, 1.807) is 0 Å². The van der Waals surface area contributed by atoms with E-state index in [-0.39, 0.29) is 16.7 Å². The van der Waals surface area contributed by atoms with Crippen molar-refractivity contribution in [1.29, 1.82) is 0 Å². The quantitative estimate of drug-likeness (QED) is 0.618. The highest BCUT2D eigenvalue weighted by atomic mass is 19.4. The SMILES string of the molecule is CN1CCN(c2nc3cc(F)c(C(F)(F)F)cc3n3nnnc23)CC1. The molecule has 0 radical (unpaired) electrons. The molecule has 25 heavy (non-hydrogen) atoms. The van der Waals surface area contributed by atoms with Gasteiger partial charge in [0.15, 0.2) is 5.82 Å². The van der Waals surface area contributed by atoms with Gasteiger partial charge >= 0.3 is 6.18 Å². The number of piperazine rings is 1. The van der Waals surface area contributed by atoms with E-state index >= 15 is 0 Å². The van der Waals surface area contributed by atoms with Crippen molar-refractivity contribution in [3.8, 4) is 0 Å². The Balaban J connectivity index is 1.93. The van der Waals surface area contributed by atoms with E-state index in [1.807, 2.05) is 11.9 Å². The van der Waals surface area contributed by atoms with Crippen LogP contribution in [0.4, 0.5) is 23.4 Å². The molecule has 132 valence electrons. The average Bonchev–Trinajstić information content (AvgIpc) is 3.03. The van der Waals surface area contributed by atoms with Crippen molar-refractivity contribution in [2.45, 2.75) is 6.18 Å². The minimum absolute atomic E-state index is 0.00611. The normalized spacial score (nSPS) is 16.9. The Morgan fingerprint density at radius 3 is 2.48 bits per heavy atom. The molecule has 0 amide bonds. The molecule has 11 heteroatoms. The van der Waals surface area contributed by atoms with Gasteiger partial charge in [-0.25, -0.2) is 9.37 Å². The third-order valence-electron chi connectivity index (χ3n) is 4.30. The number of tetrazole rings is 1. The zero-order valence-electron chi connectivity index (χ0n) is 13.1. The van der Waals surface area contributed by atoms with Crippen LogP contribution in [-0.2, 0) is 6.18 Å². The average molecular weight is 355 g/mol. The Bertz CT molecular complexity index is 944. The monoisotopic (exact) mass is 355 g/mol. The first-order valence-electron chi connectivity index (χ1n) is 7.56. The van der Waals surface area contributed by atoms with Crippen molar-refractivity contribution in [1.82, 2.24) is 29.9 Å². The van der Waals surface area contributed by atoms with Crippen molar-refractivity contribution in [3.63, 3.8) is 0 Å². The summed E-state index contributed by atoms with van der Waals surface area (Å²) < 4.78 is 54.0. The number of anilines is 1. The number of likely N-dealkylation sites (N-methyl/N-ethyl adjacent to an activating group) is 1. The maximum absolute atomic E-state index is 13.9. The molecule has 0 N–H and O–H groups in total. The van der Waals surface area contributed by atoms with Gasteiger partial charge in [-0.3, -0.25) is 0 Å². The fraction of sp³-hybridized carbons (Fsp3) is 0.429. The van der Waals surface area contributed by atoms with Crippen molar-refractivity contribution >= 4 is 22.5 Å². The number of aromatic nitrogens is 5. The van der Waals surface area contributed by atoms with Gasteiger partial charge in [0.1, 0.15) is 5.82 Å². The standard InChI is InChI=1S/C14H13F4N7/c1-23-2-4-24(5-3-23)12-13-20-21-22-25(13)11-6-8(14(16,17)18)9(15)7-10(11)19-12/h6-7H,2-5H2,1H3. The number of halogens is 4. The predicted molar refractivity (Wildman–Crippen MR) is 80.8 cm³/mol. The molecular formula is C14H13F4N7. The molecule has 4 rings (SSSR count). The van der Waals surface area contributed by atoms with E-state index in [1.165, 1.54) is 4.52 Å². The Kier molecular flexibility index (Phi) is 3.49. The molecule has 1 saturated heterocycles. The van der Waals surface area contributed by atoms with Crippen LogP contribution in [-0.4, -0.2) is 63.2 Å². The first-order valence-corrected chi connectivity index (χ1v) is 7.56. The maximum Gasteiger partial charge on any atom is 0.419 e. The molecular weight excluding hydrogens is 342 g/mol. The molecule has 1 aliphatic heterocycles. The molecule has 1 fully saturated rings. The van der Waals surface area contributed by atoms with E-state index in [4.69, 9.17) is 0 Å². The van der Waals surface area contributed by atoms with Gasteiger partial charge < -0.3 is 9.80 Å². The lowest BCUT2D eigenvalue weighted by Crippen LogP contribution is -2.45. The van der Waals surface area contributed by atoms with E-state index < -0.39 is 17.6 Å². The second kappa shape index (κ2) is 5.48. The summed E-state index contributed by atoms with van der Waals surface area (Å²) in [6.45, 7) is 2.94. The number of benzene rings is 1. The molecule has 0 aliphatic carbocycles. The molecule has 0 spiro atoms. The fourth-order valence-electron chi connectivity index (χ4n) is 2.91. The smallest absolute Gasteiger partial charge is 0.351 e. The van der Waals surface area contributed by atoms with Gasteiger partial charge in [-0.2, -0.15) is 17.7 Å². The highest BCUT2D eigenvalue weighted by Crippen LogP contribution is 2.34. The van der Waals surface area contributed by atoms with Crippen molar-refractivity contribution < 1.29 is 17.6 Å². The van der Waals surface area contributed by atoms with Gasteiger partial charge in [0.2, 0.25) is 5.65 Å². The summed E-state index contributed by atoms with van der Waals surface area (Å²) in [6.07, 6.45) is -4.81. The van der Waals surface area contributed by atoms with Crippen molar-refractivity contribution in [2.75, 3.05) is 38.1 Å². The zero-order valence-corrected chi connectivity index (χ0v) is 13.1. The van der Waals surface area contributed by atoms with Crippen LogP contribution < -0.4 is 4.90 Å². The fourth-order valence-corrected chi connectivity index (χ4v) is 2.91. The second-order valence-electron chi connectivity index (χ2n) is 5.96. The van der Waals surface area contributed by atoms with E-state index in [0.29, 0.717) is 25.0 Å². The van der Waals surface area contributed by atoms with Gasteiger partial charge in [0.05, 0.1) is 16.6 Å². The summed E-state index contributed by atoms with van der Waals surface area (Å²) in [6, 6.07) is 1.47. The van der Waals surface area contributed by atoms with Gasteiger partial charge in [-0.1, -0.05) is 0 Å². The van der Waals surface area contributed by atoms with Crippen LogP contribution in [0.5, 0.6) is 0 Å². The van der Waals surface area contributed by atoms with Gasteiger partial charge in [0.25, 0.3) is 0 Å². The van der Waals surface area contributed by atoms with E-state index in [9.17, 15) is 17.6 Å². The predicted octanol–water partition coefficient (Wildman–Crippen LogP) is 1.58. The largest absolute Gasteiger partial charge is 0.419 e. The third-order valence-corrected chi connectivity index (χ3v) is 4.30. The minimum atomic E-state index is -4.81. The van der Waals surface area contributed by atoms with Crippen LogP contribution >= 0.6 is 0 Å². The first kappa shape index (κ1) is 15.9.